The SMILES string of the molecule is CCCCCCCC(=O)Oc1ccc(N=Nc2ccc(OCCCCC)cc2)ccc1=O. The van der Waals surface area contributed by atoms with Crippen molar-refractivity contribution in [3.63, 3.8) is 0 Å². The summed E-state index contributed by atoms with van der Waals surface area (Å²) < 4.78 is 10.9. The molecule has 0 aromatic heterocycles. The fourth-order valence-corrected chi connectivity index (χ4v) is 3.01. The summed E-state index contributed by atoms with van der Waals surface area (Å²) in [5, 5.41) is 8.38. The molecular weight excluding hydrogens is 404 g/mol. The molecule has 0 atom stereocenters. The van der Waals surface area contributed by atoms with Gasteiger partial charge in [-0.1, -0.05) is 52.4 Å². The zero-order valence-corrected chi connectivity index (χ0v) is 19.2. The number of unbranched alkanes of at least 4 members (excludes halogenated alkanes) is 6. The molecule has 0 N–H and O–H groups in total. The Labute approximate surface area is 190 Å². The van der Waals surface area contributed by atoms with Gasteiger partial charge in [0.05, 0.1) is 18.0 Å². The zero-order chi connectivity index (χ0) is 23.0. The lowest BCUT2D eigenvalue weighted by molar-refractivity contribution is -0.134. The van der Waals surface area contributed by atoms with E-state index in [2.05, 4.69) is 24.1 Å². The van der Waals surface area contributed by atoms with Crippen LogP contribution >= 0.6 is 0 Å². The summed E-state index contributed by atoms with van der Waals surface area (Å²) in [4.78, 5) is 24.2. The predicted octanol–water partition coefficient (Wildman–Crippen LogP) is 7.30. The summed E-state index contributed by atoms with van der Waals surface area (Å²) in [6.45, 7) is 5.01. The first-order valence-corrected chi connectivity index (χ1v) is 11.6. The van der Waals surface area contributed by atoms with Crippen LogP contribution in [0.4, 0.5) is 11.4 Å². The standard InChI is InChI=1S/C26H34N2O4/c1-3-5-7-8-9-11-26(30)32-25-19-15-22(14-18-24(25)29)28-27-21-12-16-23(17-13-21)31-20-10-6-4-2/h12-19H,3-11,20H2,1-2H3. The van der Waals surface area contributed by atoms with Crippen LogP contribution in [0.15, 0.2) is 63.6 Å². The number of ether oxygens (including phenoxy) is 2. The van der Waals surface area contributed by atoms with Crippen molar-refractivity contribution in [3.05, 3.63) is 58.8 Å². The molecule has 0 aliphatic carbocycles. The summed E-state index contributed by atoms with van der Waals surface area (Å²) >= 11 is 0. The van der Waals surface area contributed by atoms with Crippen LogP contribution in [0.25, 0.3) is 0 Å². The number of carbonyl (C=O) groups excluding carboxylic acids is 1. The van der Waals surface area contributed by atoms with Gasteiger partial charge in [-0.25, -0.2) is 0 Å². The van der Waals surface area contributed by atoms with E-state index < -0.39 is 0 Å². The highest BCUT2D eigenvalue weighted by Crippen LogP contribution is 2.21. The number of esters is 1. The van der Waals surface area contributed by atoms with E-state index in [1.165, 1.54) is 18.6 Å². The molecule has 0 radical (unpaired) electrons. The van der Waals surface area contributed by atoms with Gasteiger partial charge in [0.25, 0.3) is 0 Å². The van der Waals surface area contributed by atoms with Crippen molar-refractivity contribution in [2.45, 2.75) is 71.6 Å². The van der Waals surface area contributed by atoms with Gasteiger partial charge in [0.1, 0.15) is 5.75 Å². The molecule has 0 unspecified atom stereocenters. The molecule has 0 saturated heterocycles. The Bertz CT molecular complexity index is 910. The highest BCUT2D eigenvalue weighted by atomic mass is 16.5. The molecule has 0 bridgehead atoms. The zero-order valence-electron chi connectivity index (χ0n) is 19.2. The van der Waals surface area contributed by atoms with Gasteiger partial charge in [-0.05, 0) is 61.4 Å². The van der Waals surface area contributed by atoms with E-state index in [0.717, 1.165) is 50.7 Å². The Morgan fingerprint density at radius 3 is 2.03 bits per heavy atom. The van der Waals surface area contributed by atoms with Gasteiger partial charge in [-0.3, -0.25) is 9.59 Å². The molecule has 172 valence electrons. The molecular formula is C26H34N2O4. The van der Waals surface area contributed by atoms with Crippen LogP contribution in [-0.4, -0.2) is 12.6 Å². The van der Waals surface area contributed by atoms with Crippen LogP contribution in [0.2, 0.25) is 0 Å². The Balaban J connectivity index is 1.90. The largest absolute Gasteiger partial charge is 0.494 e. The Kier molecular flexibility index (Phi) is 11.7. The Hall–Kier alpha value is -3.02. The van der Waals surface area contributed by atoms with E-state index in [0.29, 0.717) is 24.4 Å². The van der Waals surface area contributed by atoms with Crippen molar-refractivity contribution in [1.82, 2.24) is 0 Å². The van der Waals surface area contributed by atoms with Crippen molar-refractivity contribution in [1.29, 1.82) is 0 Å². The van der Waals surface area contributed by atoms with Crippen molar-refractivity contribution >= 4 is 17.3 Å². The van der Waals surface area contributed by atoms with Gasteiger partial charge in [-0.2, -0.15) is 10.2 Å². The van der Waals surface area contributed by atoms with Gasteiger partial charge in [-0.15, -0.1) is 0 Å². The van der Waals surface area contributed by atoms with E-state index in [-0.39, 0.29) is 17.1 Å². The number of benzene rings is 1. The molecule has 0 spiro atoms. The second-order valence-electron chi connectivity index (χ2n) is 7.71. The number of carbonyl (C=O) groups is 1. The van der Waals surface area contributed by atoms with Crippen molar-refractivity contribution in [2.75, 3.05) is 6.61 Å². The van der Waals surface area contributed by atoms with Crippen molar-refractivity contribution in [2.24, 2.45) is 10.2 Å². The monoisotopic (exact) mass is 438 g/mol. The van der Waals surface area contributed by atoms with Crippen LogP contribution in [0.1, 0.15) is 71.6 Å². The Morgan fingerprint density at radius 2 is 1.34 bits per heavy atom. The fraction of sp³-hybridized carbons (Fsp3) is 0.462. The molecule has 2 rings (SSSR count). The van der Waals surface area contributed by atoms with Gasteiger partial charge in [0, 0.05) is 6.42 Å². The van der Waals surface area contributed by atoms with Crippen LogP contribution < -0.4 is 14.9 Å². The molecule has 0 heterocycles. The lowest BCUT2D eigenvalue weighted by Gasteiger charge is -2.05. The third kappa shape index (κ3) is 9.86. The highest BCUT2D eigenvalue weighted by molar-refractivity contribution is 5.72. The first-order chi connectivity index (χ1) is 15.6. The smallest absolute Gasteiger partial charge is 0.311 e. The predicted molar refractivity (Wildman–Crippen MR) is 127 cm³/mol. The number of azo groups is 1. The number of rotatable bonds is 14. The molecule has 6 nitrogen and oxygen atoms in total. The molecule has 0 saturated carbocycles. The van der Waals surface area contributed by atoms with Crippen LogP contribution in [0.3, 0.4) is 0 Å². The first-order valence-electron chi connectivity index (χ1n) is 11.6. The van der Waals surface area contributed by atoms with Crippen LogP contribution in [0, 0.1) is 0 Å². The minimum absolute atomic E-state index is 0.00887. The highest BCUT2D eigenvalue weighted by Gasteiger charge is 2.07. The molecule has 2 aromatic rings. The van der Waals surface area contributed by atoms with E-state index >= 15 is 0 Å². The fourth-order valence-electron chi connectivity index (χ4n) is 3.01. The Morgan fingerprint density at radius 1 is 0.750 bits per heavy atom. The molecule has 2 aromatic carbocycles. The van der Waals surface area contributed by atoms with E-state index in [9.17, 15) is 9.59 Å². The summed E-state index contributed by atoms with van der Waals surface area (Å²) in [6, 6.07) is 13.4. The molecule has 0 aliphatic rings. The molecule has 32 heavy (non-hydrogen) atoms. The molecule has 0 aliphatic heterocycles. The van der Waals surface area contributed by atoms with Gasteiger partial charge < -0.3 is 9.47 Å². The number of hydrogen-bond donors (Lipinski definition) is 0. The molecule has 6 heteroatoms. The maximum absolute atomic E-state index is 12.2. The normalized spacial score (nSPS) is 10.9. The van der Waals surface area contributed by atoms with Crippen molar-refractivity contribution < 1.29 is 14.3 Å². The van der Waals surface area contributed by atoms with Gasteiger partial charge >= 0.3 is 5.97 Å². The summed E-state index contributed by atoms with van der Waals surface area (Å²) in [6.07, 6.45) is 8.88. The van der Waals surface area contributed by atoms with Gasteiger partial charge in [0.15, 0.2) is 5.75 Å². The summed E-state index contributed by atoms with van der Waals surface area (Å²) in [5.74, 6) is 0.429. The first kappa shape index (κ1) is 25.2. The van der Waals surface area contributed by atoms with Crippen LogP contribution in [-0.2, 0) is 4.79 Å². The minimum Gasteiger partial charge on any atom is -0.494 e. The van der Waals surface area contributed by atoms with E-state index in [4.69, 9.17) is 9.47 Å². The van der Waals surface area contributed by atoms with E-state index in [1.54, 1.807) is 12.1 Å². The summed E-state index contributed by atoms with van der Waals surface area (Å²) in [7, 11) is 0. The lowest BCUT2D eigenvalue weighted by Crippen LogP contribution is -2.12. The summed E-state index contributed by atoms with van der Waals surface area (Å²) in [5.41, 5.74) is 0.800. The van der Waals surface area contributed by atoms with Gasteiger partial charge in [0.2, 0.25) is 5.43 Å². The average Bonchev–Trinajstić information content (AvgIpc) is 2.97. The number of nitrogens with zero attached hydrogens (tertiary/aromatic N) is 2. The third-order valence-electron chi connectivity index (χ3n) is 4.90. The minimum atomic E-state index is -0.384. The third-order valence-corrected chi connectivity index (χ3v) is 4.90. The maximum Gasteiger partial charge on any atom is 0.311 e. The van der Waals surface area contributed by atoms with Crippen molar-refractivity contribution in [3.8, 4) is 11.5 Å². The maximum atomic E-state index is 12.2. The lowest BCUT2D eigenvalue weighted by atomic mass is 10.1. The molecule has 0 fully saturated rings. The second kappa shape index (κ2) is 14.9. The quantitative estimate of drug-likeness (QED) is 0.176. The average molecular weight is 439 g/mol. The topological polar surface area (TPSA) is 77.3 Å². The molecule has 0 amide bonds. The number of hydrogen-bond acceptors (Lipinski definition) is 6. The van der Waals surface area contributed by atoms with E-state index in [1.807, 2.05) is 24.3 Å². The van der Waals surface area contributed by atoms with Crippen LogP contribution in [0.5, 0.6) is 11.5 Å². The second-order valence-corrected chi connectivity index (χ2v) is 7.71.